The molecule has 0 aliphatic rings. The van der Waals surface area contributed by atoms with Crippen molar-refractivity contribution >= 4 is 11.6 Å². The summed E-state index contributed by atoms with van der Waals surface area (Å²) >= 11 is 0. The van der Waals surface area contributed by atoms with E-state index in [1.165, 1.54) is 0 Å². The summed E-state index contributed by atoms with van der Waals surface area (Å²) < 4.78 is 0. The normalized spacial score (nSPS) is 9.42. The van der Waals surface area contributed by atoms with Crippen LogP contribution in [-0.4, -0.2) is 17.6 Å². The standard InChI is InChI=1S/C9H10NO2/c11-7-6-9(12)10-8-4-2-1-3-5-8/h1-2,4-5,11H,6-7H2,(H,10,12). The minimum atomic E-state index is -0.183. The smallest absolute Gasteiger partial charge is 0.226 e. The van der Waals surface area contributed by atoms with E-state index in [-0.39, 0.29) is 18.9 Å². The lowest BCUT2D eigenvalue weighted by Crippen LogP contribution is -2.12. The number of rotatable bonds is 3. The Morgan fingerprint density at radius 3 is 3.08 bits per heavy atom. The van der Waals surface area contributed by atoms with E-state index in [0.29, 0.717) is 5.69 Å². The zero-order chi connectivity index (χ0) is 8.81. The third-order valence-electron chi connectivity index (χ3n) is 1.33. The number of hydrogen-bond donors (Lipinski definition) is 2. The second kappa shape index (κ2) is 4.51. The van der Waals surface area contributed by atoms with E-state index in [1.54, 1.807) is 24.3 Å². The summed E-state index contributed by atoms with van der Waals surface area (Å²) in [6.07, 6.45) is 0.134. The van der Waals surface area contributed by atoms with Gasteiger partial charge < -0.3 is 10.4 Å². The summed E-state index contributed by atoms with van der Waals surface area (Å²) in [6.45, 7) is -0.123. The van der Waals surface area contributed by atoms with E-state index < -0.39 is 0 Å². The fourth-order valence-corrected chi connectivity index (χ4v) is 0.796. The van der Waals surface area contributed by atoms with Gasteiger partial charge in [-0.15, -0.1) is 0 Å². The summed E-state index contributed by atoms with van der Waals surface area (Å²) in [5, 5.41) is 11.1. The molecule has 0 aliphatic heterocycles. The molecule has 3 heteroatoms. The summed E-state index contributed by atoms with van der Waals surface area (Å²) in [6, 6.07) is 9.81. The molecule has 2 N–H and O–H groups in total. The Kier molecular flexibility index (Phi) is 3.29. The molecular weight excluding hydrogens is 154 g/mol. The van der Waals surface area contributed by atoms with E-state index in [2.05, 4.69) is 11.4 Å². The summed E-state index contributed by atoms with van der Waals surface area (Å²) in [5.41, 5.74) is 0.705. The topological polar surface area (TPSA) is 49.3 Å². The van der Waals surface area contributed by atoms with Gasteiger partial charge in [0.15, 0.2) is 0 Å². The van der Waals surface area contributed by atoms with E-state index in [0.717, 1.165) is 0 Å². The van der Waals surface area contributed by atoms with Gasteiger partial charge in [0.05, 0.1) is 13.0 Å². The molecule has 0 bridgehead atoms. The number of benzene rings is 1. The van der Waals surface area contributed by atoms with Gasteiger partial charge in [-0.05, 0) is 18.2 Å². The van der Waals surface area contributed by atoms with E-state index in [1.807, 2.05) is 0 Å². The predicted octanol–water partition coefficient (Wildman–Crippen LogP) is 0.808. The van der Waals surface area contributed by atoms with Gasteiger partial charge in [-0.1, -0.05) is 12.1 Å². The zero-order valence-electron chi connectivity index (χ0n) is 6.58. The number of anilines is 1. The van der Waals surface area contributed by atoms with Crippen molar-refractivity contribution in [2.45, 2.75) is 6.42 Å². The number of nitrogens with one attached hydrogen (secondary N) is 1. The fraction of sp³-hybridized carbons (Fsp3) is 0.222. The number of amides is 1. The van der Waals surface area contributed by atoms with Crippen LogP contribution in [0.2, 0.25) is 0 Å². The SMILES string of the molecule is O=C(CCO)Nc1c[c]ccc1. The Hall–Kier alpha value is -1.35. The summed E-state index contributed by atoms with van der Waals surface area (Å²) in [7, 11) is 0. The zero-order valence-corrected chi connectivity index (χ0v) is 6.58. The largest absolute Gasteiger partial charge is 0.396 e. The van der Waals surface area contributed by atoms with Crippen LogP contribution in [0.25, 0.3) is 0 Å². The molecule has 0 aromatic heterocycles. The second-order valence-electron chi connectivity index (χ2n) is 2.31. The molecule has 0 aliphatic carbocycles. The van der Waals surface area contributed by atoms with Crippen LogP contribution in [0.3, 0.4) is 0 Å². The Balaban J connectivity index is 2.47. The highest BCUT2D eigenvalue weighted by atomic mass is 16.3. The lowest BCUT2D eigenvalue weighted by molar-refractivity contribution is -0.116. The van der Waals surface area contributed by atoms with Crippen molar-refractivity contribution in [2.24, 2.45) is 0 Å². The van der Waals surface area contributed by atoms with Crippen molar-refractivity contribution in [3.8, 4) is 0 Å². The van der Waals surface area contributed by atoms with Gasteiger partial charge in [0.2, 0.25) is 5.91 Å². The molecular formula is C9H10NO2. The average Bonchev–Trinajstić information content (AvgIpc) is 2.06. The number of carbonyl (C=O) groups excluding carboxylic acids is 1. The van der Waals surface area contributed by atoms with Crippen LogP contribution in [0.15, 0.2) is 24.3 Å². The molecule has 1 rings (SSSR count). The first kappa shape index (κ1) is 8.74. The van der Waals surface area contributed by atoms with Crippen molar-refractivity contribution in [3.63, 3.8) is 0 Å². The van der Waals surface area contributed by atoms with Crippen LogP contribution in [0.4, 0.5) is 5.69 Å². The first-order valence-corrected chi connectivity index (χ1v) is 3.70. The number of aliphatic hydroxyl groups is 1. The van der Waals surface area contributed by atoms with Crippen molar-refractivity contribution < 1.29 is 9.90 Å². The molecule has 0 heterocycles. The third kappa shape index (κ3) is 2.72. The number of hydrogen-bond acceptors (Lipinski definition) is 2. The maximum absolute atomic E-state index is 10.9. The van der Waals surface area contributed by atoms with Gasteiger partial charge in [-0.25, -0.2) is 0 Å². The second-order valence-corrected chi connectivity index (χ2v) is 2.31. The van der Waals surface area contributed by atoms with Crippen LogP contribution in [0.5, 0.6) is 0 Å². The first-order chi connectivity index (χ1) is 5.83. The summed E-state index contributed by atoms with van der Waals surface area (Å²) in [4.78, 5) is 10.9. The predicted molar refractivity (Wildman–Crippen MR) is 45.6 cm³/mol. The van der Waals surface area contributed by atoms with Crippen LogP contribution in [0.1, 0.15) is 6.42 Å². The van der Waals surface area contributed by atoms with E-state index in [9.17, 15) is 4.79 Å². The molecule has 3 nitrogen and oxygen atoms in total. The molecule has 1 amide bonds. The first-order valence-electron chi connectivity index (χ1n) is 3.70. The highest BCUT2D eigenvalue weighted by molar-refractivity contribution is 5.90. The Bertz CT molecular complexity index is 246. The monoisotopic (exact) mass is 164 g/mol. The molecule has 12 heavy (non-hydrogen) atoms. The minimum absolute atomic E-state index is 0.123. The van der Waals surface area contributed by atoms with E-state index >= 15 is 0 Å². The van der Waals surface area contributed by atoms with Crippen LogP contribution in [-0.2, 0) is 4.79 Å². The highest BCUT2D eigenvalue weighted by Crippen LogP contribution is 2.04. The molecule has 0 fully saturated rings. The van der Waals surface area contributed by atoms with Crippen molar-refractivity contribution in [1.82, 2.24) is 0 Å². The summed E-state index contributed by atoms with van der Waals surface area (Å²) in [5.74, 6) is -0.183. The average molecular weight is 164 g/mol. The molecule has 63 valence electrons. The van der Waals surface area contributed by atoms with Crippen LogP contribution in [0, 0.1) is 6.07 Å². The molecule has 0 unspecified atom stereocenters. The van der Waals surface area contributed by atoms with Gasteiger partial charge >= 0.3 is 0 Å². The Morgan fingerprint density at radius 1 is 1.67 bits per heavy atom. The maximum Gasteiger partial charge on any atom is 0.226 e. The molecule has 0 saturated heterocycles. The van der Waals surface area contributed by atoms with Crippen molar-refractivity contribution in [3.05, 3.63) is 30.3 Å². The van der Waals surface area contributed by atoms with Crippen molar-refractivity contribution in [2.75, 3.05) is 11.9 Å². The Morgan fingerprint density at radius 2 is 2.50 bits per heavy atom. The molecule has 0 atom stereocenters. The Labute approximate surface area is 71.0 Å². The molecule has 0 saturated carbocycles. The van der Waals surface area contributed by atoms with Crippen LogP contribution < -0.4 is 5.32 Å². The lowest BCUT2D eigenvalue weighted by atomic mass is 10.3. The van der Waals surface area contributed by atoms with Gasteiger partial charge in [0.1, 0.15) is 0 Å². The van der Waals surface area contributed by atoms with E-state index in [4.69, 9.17) is 5.11 Å². The minimum Gasteiger partial charge on any atom is -0.396 e. The number of carbonyl (C=O) groups is 1. The molecule has 0 spiro atoms. The quantitative estimate of drug-likeness (QED) is 0.694. The molecule has 1 aromatic rings. The highest BCUT2D eigenvalue weighted by Gasteiger charge is 1.98. The van der Waals surface area contributed by atoms with Gasteiger partial charge in [-0.2, -0.15) is 0 Å². The number of aliphatic hydroxyl groups excluding tert-OH is 1. The van der Waals surface area contributed by atoms with Crippen molar-refractivity contribution in [1.29, 1.82) is 0 Å². The molecule has 1 radical (unpaired) electrons. The van der Waals surface area contributed by atoms with Gasteiger partial charge in [0, 0.05) is 5.69 Å². The molecule has 1 aromatic carbocycles. The van der Waals surface area contributed by atoms with Gasteiger partial charge in [0.25, 0.3) is 0 Å². The lowest BCUT2D eigenvalue weighted by Gasteiger charge is -2.01. The third-order valence-corrected chi connectivity index (χ3v) is 1.33. The van der Waals surface area contributed by atoms with Crippen LogP contribution >= 0.6 is 0 Å². The fourth-order valence-electron chi connectivity index (χ4n) is 0.796. The maximum atomic E-state index is 10.9. The van der Waals surface area contributed by atoms with Gasteiger partial charge in [-0.3, -0.25) is 4.79 Å².